The van der Waals surface area contributed by atoms with Crippen molar-refractivity contribution >= 4 is 15.9 Å². The van der Waals surface area contributed by atoms with Gasteiger partial charge in [-0.05, 0) is 30.3 Å². The van der Waals surface area contributed by atoms with Crippen LogP contribution in [0.25, 0.3) is 0 Å². The quantitative estimate of drug-likeness (QED) is 0.685. The number of sulfonamides is 1. The lowest BCUT2D eigenvalue weighted by atomic mass is 10.1. The largest absolute Gasteiger partial charge is 0.471 e. The molecule has 1 aromatic heterocycles. The molecule has 1 aliphatic rings. The van der Waals surface area contributed by atoms with E-state index >= 15 is 0 Å². The number of carbonyl (C=O) groups excluding carboxylic acids is 1. The molecule has 0 aliphatic carbocycles. The summed E-state index contributed by atoms with van der Waals surface area (Å²) in [5.74, 6) is 0.233. The van der Waals surface area contributed by atoms with Crippen LogP contribution in [0.5, 0.6) is 5.88 Å². The second-order valence-corrected chi connectivity index (χ2v) is 8.50. The van der Waals surface area contributed by atoms with Gasteiger partial charge in [-0.25, -0.2) is 13.4 Å². The van der Waals surface area contributed by atoms with Crippen LogP contribution in [-0.2, 0) is 10.0 Å². The maximum atomic E-state index is 12.6. The van der Waals surface area contributed by atoms with E-state index < -0.39 is 10.0 Å². The molecule has 0 radical (unpaired) electrons. The van der Waals surface area contributed by atoms with Gasteiger partial charge in [0.15, 0.2) is 0 Å². The standard InChI is InChI=1S/C20H22N4O4S/c1-3-24(4-2)29(26,27)18-8-6-16(7-9-18)20(25)23-13-17(14-23)28-19-10-5-15(11-21)12-22-19/h5-10,12,17H,3-4,13-14H2,1-2H3. The molecule has 2 aromatic rings. The second kappa shape index (κ2) is 8.59. The van der Waals surface area contributed by atoms with Gasteiger partial charge < -0.3 is 9.64 Å². The van der Waals surface area contributed by atoms with Crippen LogP contribution < -0.4 is 4.74 Å². The molecule has 29 heavy (non-hydrogen) atoms. The van der Waals surface area contributed by atoms with Crippen molar-refractivity contribution in [2.24, 2.45) is 0 Å². The van der Waals surface area contributed by atoms with Crippen LogP contribution in [0, 0.1) is 11.3 Å². The minimum atomic E-state index is -3.54. The van der Waals surface area contributed by atoms with Crippen molar-refractivity contribution in [2.75, 3.05) is 26.2 Å². The lowest BCUT2D eigenvalue weighted by Crippen LogP contribution is -2.56. The number of ether oxygens (including phenoxy) is 1. The Balaban J connectivity index is 1.58. The van der Waals surface area contributed by atoms with Crippen LogP contribution in [0.2, 0.25) is 0 Å². The average Bonchev–Trinajstić information content (AvgIpc) is 2.71. The van der Waals surface area contributed by atoms with Crippen LogP contribution in [0.1, 0.15) is 29.8 Å². The first-order valence-electron chi connectivity index (χ1n) is 9.31. The van der Waals surface area contributed by atoms with Gasteiger partial charge in [-0.2, -0.15) is 9.57 Å². The van der Waals surface area contributed by atoms with Crippen LogP contribution in [-0.4, -0.2) is 60.8 Å². The zero-order valence-electron chi connectivity index (χ0n) is 16.3. The molecule has 2 heterocycles. The molecule has 1 aliphatic heterocycles. The van der Waals surface area contributed by atoms with Crippen LogP contribution in [0.15, 0.2) is 47.5 Å². The van der Waals surface area contributed by atoms with Gasteiger partial charge in [0, 0.05) is 30.9 Å². The molecule has 0 N–H and O–H groups in total. The first-order valence-corrected chi connectivity index (χ1v) is 10.7. The molecule has 0 saturated carbocycles. The van der Waals surface area contributed by atoms with Crippen LogP contribution >= 0.6 is 0 Å². The van der Waals surface area contributed by atoms with E-state index in [4.69, 9.17) is 10.00 Å². The van der Waals surface area contributed by atoms with E-state index in [0.29, 0.717) is 43.2 Å². The summed E-state index contributed by atoms with van der Waals surface area (Å²) in [6.07, 6.45) is 1.27. The molecule has 0 bridgehead atoms. The number of carbonyl (C=O) groups is 1. The van der Waals surface area contributed by atoms with E-state index in [1.54, 1.807) is 30.9 Å². The summed E-state index contributed by atoms with van der Waals surface area (Å²) in [4.78, 5) is 18.4. The third-order valence-corrected chi connectivity index (χ3v) is 6.80. The minimum Gasteiger partial charge on any atom is -0.471 e. The van der Waals surface area contributed by atoms with Crippen molar-refractivity contribution in [1.82, 2.24) is 14.2 Å². The number of nitriles is 1. The molecule has 1 fully saturated rings. The second-order valence-electron chi connectivity index (χ2n) is 6.56. The first kappa shape index (κ1) is 20.8. The molecular weight excluding hydrogens is 392 g/mol. The SMILES string of the molecule is CCN(CC)S(=O)(=O)c1ccc(C(=O)N2CC(Oc3ccc(C#N)cn3)C2)cc1. The molecule has 1 saturated heterocycles. The Bertz CT molecular complexity index is 1000. The highest BCUT2D eigenvalue weighted by Gasteiger charge is 2.33. The van der Waals surface area contributed by atoms with Gasteiger partial charge in [0.2, 0.25) is 15.9 Å². The number of rotatable bonds is 7. The van der Waals surface area contributed by atoms with Gasteiger partial charge in [-0.1, -0.05) is 13.8 Å². The molecule has 0 atom stereocenters. The van der Waals surface area contributed by atoms with E-state index in [9.17, 15) is 13.2 Å². The molecule has 3 rings (SSSR count). The normalized spacial score (nSPS) is 14.3. The number of hydrogen-bond donors (Lipinski definition) is 0. The lowest BCUT2D eigenvalue weighted by Gasteiger charge is -2.38. The van der Waals surface area contributed by atoms with Crippen molar-refractivity contribution < 1.29 is 17.9 Å². The molecule has 1 aromatic carbocycles. The van der Waals surface area contributed by atoms with Crippen molar-refractivity contribution in [3.8, 4) is 11.9 Å². The summed E-state index contributed by atoms with van der Waals surface area (Å²) in [5, 5.41) is 8.77. The molecule has 9 heteroatoms. The Morgan fingerprint density at radius 1 is 1.21 bits per heavy atom. The molecule has 1 amide bonds. The fourth-order valence-corrected chi connectivity index (χ4v) is 4.49. The molecule has 8 nitrogen and oxygen atoms in total. The Labute approximate surface area is 170 Å². The highest BCUT2D eigenvalue weighted by Crippen LogP contribution is 2.21. The van der Waals surface area contributed by atoms with E-state index in [2.05, 4.69) is 4.98 Å². The summed E-state index contributed by atoms with van der Waals surface area (Å²) >= 11 is 0. The van der Waals surface area contributed by atoms with Crippen molar-refractivity contribution in [2.45, 2.75) is 24.8 Å². The van der Waals surface area contributed by atoms with Crippen molar-refractivity contribution in [3.05, 3.63) is 53.7 Å². The van der Waals surface area contributed by atoms with E-state index in [1.165, 1.54) is 34.8 Å². The predicted molar refractivity (Wildman–Crippen MR) is 106 cm³/mol. The highest BCUT2D eigenvalue weighted by atomic mass is 32.2. The zero-order chi connectivity index (χ0) is 21.0. The predicted octanol–water partition coefficient (Wildman–Crippen LogP) is 1.89. The van der Waals surface area contributed by atoms with E-state index in [1.807, 2.05) is 6.07 Å². The van der Waals surface area contributed by atoms with Crippen LogP contribution in [0.3, 0.4) is 0 Å². The monoisotopic (exact) mass is 414 g/mol. The molecular formula is C20H22N4O4S. The average molecular weight is 414 g/mol. The fourth-order valence-electron chi connectivity index (χ4n) is 3.03. The van der Waals surface area contributed by atoms with Gasteiger partial charge in [0.05, 0.1) is 23.5 Å². The maximum absolute atomic E-state index is 12.6. The summed E-state index contributed by atoms with van der Waals surface area (Å²) in [7, 11) is -3.54. The lowest BCUT2D eigenvalue weighted by molar-refractivity contribution is 0.0160. The van der Waals surface area contributed by atoms with Crippen molar-refractivity contribution in [1.29, 1.82) is 5.26 Å². The number of amides is 1. The van der Waals surface area contributed by atoms with Gasteiger partial charge >= 0.3 is 0 Å². The van der Waals surface area contributed by atoms with Crippen molar-refractivity contribution in [3.63, 3.8) is 0 Å². The number of hydrogen-bond acceptors (Lipinski definition) is 6. The Kier molecular flexibility index (Phi) is 6.15. The molecule has 0 spiro atoms. The topological polar surface area (TPSA) is 104 Å². The molecule has 152 valence electrons. The third-order valence-electron chi connectivity index (χ3n) is 4.73. The summed E-state index contributed by atoms with van der Waals surface area (Å²) < 4.78 is 32.1. The Morgan fingerprint density at radius 3 is 2.38 bits per heavy atom. The fraction of sp³-hybridized carbons (Fsp3) is 0.350. The Morgan fingerprint density at radius 2 is 1.86 bits per heavy atom. The van der Waals surface area contributed by atoms with Crippen LogP contribution in [0.4, 0.5) is 0 Å². The minimum absolute atomic E-state index is 0.165. The summed E-state index contributed by atoms with van der Waals surface area (Å²) in [5.41, 5.74) is 0.882. The smallest absolute Gasteiger partial charge is 0.254 e. The number of likely N-dealkylation sites (tertiary alicyclic amines) is 1. The Hall–Kier alpha value is -2.96. The summed E-state index contributed by atoms with van der Waals surface area (Å²) in [6.45, 7) is 5.19. The number of aromatic nitrogens is 1. The van der Waals surface area contributed by atoms with Gasteiger partial charge in [0.1, 0.15) is 12.2 Å². The van der Waals surface area contributed by atoms with Gasteiger partial charge in [0.25, 0.3) is 5.91 Å². The number of benzene rings is 1. The number of pyridine rings is 1. The zero-order valence-corrected chi connectivity index (χ0v) is 17.1. The summed E-state index contributed by atoms with van der Waals surface area (Å²) in [6, 6.07) is 11.2. The highest BCUT2D eigenvalue weighted by molar-refractivity contribution is 7.89. The molecule has 0 unspecified atom stereocenters. The maximum Gasteiger partial charge on any atom is 0.254 e. The van der Waals surface area contributed by atoms with Gasteiger partial charge in [-0.15, -0.1) is 0 Å². The number of nitrogens with zero attached hydrogens (tertiary/aromatic N) is 4. The van der Waals surface area contributed by atoms with E-state index in [0.717, 1.165) is 0 Å². The third kappa shape index (κ3) is 4.39. The van der Waals surface area contributed by atoms with Gasteiger partial charge in [-0.3, -0.25) is 4.79 Å². The van der Waals surface area contributed by atoms with E-state index in [-0.39, 0.29) is 16.9 Å². The first-order chi connectivity index (χ1) is 13.9.